The Morgan fingerprint density at radius 1 is 1.39 bits per heavy atom. The molecular weight excluding hydrogens is 271 g/mol. The highest BCUT2D eigenvalue weighted by Crippen LogP contribution is 2.19. The van der Waals surface area contributed by atoms with Crippen LogP contribution in [0.25, 0.3) is 0 Å². The Labute approximate surface area is 119 Å². The fourth-order valence-corrected chi connectivity index (χ4v) is 2.31. The average Bonchev–Trinajstić information content (AvgIpc) is 2.32. The van der Waals surface area contributed by atoms with E-state index in [9.17, 15) is 4.79 Å². The maximum Gasteiger partial charge on any atom is 0.255 e. The maximum atomic E-state index is 12.4. The number of benzene rings is 1. The van der Waals surface area contributed by atoms with Crippen molar-refractivity contribution < 1.29 is 4.79 Å². The van der Waals surface area contributed by atoms with Crippen LogP contribution < -0.4 is 5.32 Å². The van der Waals surface area contributed by atoms with Gasteiger partial charge in [-0.25, -0.2) is 0 Å². The second-order valence-corrected chi connectivity index (χ2v) is 5.00. The topological polar surface area (TPSA) is 32.3 Å². The van der Waals surface area contributed by atoms with Crippen LogP contribution in [-0.4, -0.2) is 36.0 Å². The van der Waals surface area contributed by atoms with Gasteiger partial charge in [-0.05, 0) is 26.0 Å². The highest BCUT2D eigenvalue weighted by molar-refractivity contribution is 6.33. The van der Waals surface area contributed by atoms with Gasteiger partial charge >= 0.3 is 0 Å². The molecule has 5 heteroatoms. The summed E-state index contributed by atoms with van der Waals surface area (Å²) in [6.07, 6.45) is 0. The monoisotopic (exact) mass is 288 g/mol. The van der Waals surface area contributed by atoms with Gasteiger partial charge in [-0.3, -0.25) is 4.79 Å². The maximum absolute atomic E-state index is 12.4. The fourth-order valence-electron chi connectivity index (χ4n) is 2.09. The molecule has 1 amide bonds. The second kappa shape index (κ2) is 6.41. The molecule has 1 fully saturated rings. The molecule has 1 N–H and O–H groups in total. The first-order valence-corrected chi connectivity index (χ1v) is 6.26. The highest BCUT2D eigenvalue weighted by Gasteiger charge is 2.28. The van der Waals surface area contributed by atoms with Gasteiger partial charge in [-0.15, -0.1) is 12.4 Å². The van der Waals surface area contributed by atoms with Crippen molar-refractivity contribution in [2.75, 3.05) is 13.1 Å². The van der Waals surface area contributed by atoms with Gasteiger partial charge in [-0.1, -0.05) is 23.7 Å². The lowest BCUT2D eigenvalue weighted by molar-refractivity contribution is 0.0616. The Kier molecular flexibility index (Phi) is 5.45. The molecule has 18 heavy (non-hydrogen) atoms. The van der Waals surface area contributed by atoms with E-state index < -0.39 is 0 Å². The summed E-state index contributed by atoms with van der Waals surface area (Å²) in [7, 11) is 0. The minimum atomic E-state index is 0. The number of amides is 1. The van der Waals surface area contributed by atoms with E-state index in [0.29, 0.717) is 16.6 Å². The molecule has 0 aliphatic carbocycles. The van der Waals surface area contributed by atoms with E-state index in [1.807, 2.05) is 24.0 Å². The van der Waals surface area contributed by atoms with Gasteiger partial charge < -0.3 is 10.2 Å². The molecule has 1 heterocycles. The van der Waals surface area contributed by atoms with Crippen molar-refractivity contribution in [3.8, 4) is 0 Å². The van der Waals surface area contributed by atoms with Crippen LogP contribution in [0.4, 0.5) is 0 Å². The summed E-state index contributed by atoms with van der Waals surface area (Å²) >= 11 is 6.06. The number of hydrogen-bond donors (Lipinski definition) is 1. The van der Waals surface area contributed by atoms with Crippen LogP contribution >= 0.6 is 24.0 Å². The van der Waals surface area contributed by atoms with Crippen LogP contribution in [0.2, 0.25) is 5.02 Å². The second-order valence-electron chi connectivity index (χ2n) is 4.60. The van der Waals surface area contributed by atoms with Crippen LogP contribution in [0.15, 0.2) is 24.3 Å². The Morgan fingerprint density at radius 2 is 2.06 bits per heavy atom. The Hall–Kier alpha value is -0.770. The zero-order chi connectivity index (χ0) is 12.4. The molecule has 1 aliphatic rings. The van der Waals surface area contributed by atoms with Crippen LogP contribution in [0.1, 0.15) is 24.2 Å². The van der Waals surface area contributed by atoms with Crippen molar-refractivity contribution >= 4 is 29.9 Å². The number of nitrogens with one attached hydrogen (secondary N) is 1. The van der Waals surface area contributed by atoms with Gasteiger partial charge in [-0.2, -0.15) is 0 Å². The van der Waals surface area contributed by atoms with E-state index in [-0.39, 0.29) is 24.4 Å². The Balaban J connectivity index is 0.00000162. The van der Waals surface area contributed by atoms with Crippen molar-refractivity contribution in [2.45, 2.75) is 25.9 Å². The van der Waals surface area contributed by atoms with Crippen molar-refractivity contribution in [1.82, 2.24) is 10.2 Å². The van der Waals surface area contributed by atoms with Crippen LogP contribution in [0.5, 0.6) is 0 Å². The molecule has 1 aliphatic heterocycles. The van der Waals surface area contributed by atoms with E-state index >= 15 is 0 Å². The van der Waals surface area contributed by atoms with Crippen molar-refractivity contribution in [3.63, 3.8) is 0 Å². The van der Waals surface area contributed by atoms with E-state index in [1.54, 1.807) is 12.1 Å². The van der Waals surface area contributed by atoms with Crippen molar-refractivity contribution in [1.29, 1.82) is 0 Å². The standard InChI is InChI=1S/C13H17ClN2O.ClH/c1-9-8-16(10(2)7-15-9)13(17)11-5-3-4-6-12(11)14;/h3-6,9-10,15H,7-8H2,1-2H3;1H. The number of piperazine rings is 1. The molecule has 0 radical (unpaired) electrons. The number of rotatable bonds is 1. The molecule has 2 atom stereocenters. The zero-order valence-corrected chi connectivity index (χ0v) is 12.1. The molecule has 3 nitrogen and oxygen atoms in total. The first-order chi connectivity index (χ1) is 8.09. The lowest BCUT2D eigenvalue weighted by Gasteiger charge is -2.37. The predicted octanol–water partition coefficient (Wildman–Crippen LogP) is 2.58. The average molecular weight is 289 g/mol. The summed E-state index contributed by atoms with van der Waals surface area (Å²) in [6, 6.07) is 7.75. The van der Waals surface area contributed by atoms with Crippen molar-refractivity contribution in [3.05, 3.63) is 34.9 Å². The lowest BCUT2D eigenvalue weighted by Crippen LogP contribution is -2.56. The van der Waals surface area contributed by atoms with Gasteiger partial charge in [0.2, 0.25) is 0 Å². The lowest BCUT2D eigenvalue weighted by atomic mass is 10.1. The molecular formula is C13H18Cl2N2O. The molecule has 0 spiro atoms. The van der Waals surface area contributed by atoms with Gasteiger partial charge in [0, 0.05) is 25.2 Å². The van der Waals surface area contributed by atoms with Crippen LogP contribution in [0, 0.1) is 0 Å². The first kappa shape index (κ1) is 15.3. The van der Waals surface area contributed by atoms with Crippen LogP contribution in [0.3, 0.4) is 0 Å². The molecule has 0 aromatic heterocycles. The molecule has 100 valence electrons. The third-order valence-electron chi connectivity index (χ3n) is 3.13. The summed E-state index contributed by atoms with van der Waals surface area (Å²) in [5, 5.41) is 3.88. The van der Waals surface area contributed by atoms with Gasteiger partial charge in [0.25, 0.3) is 5.91 Å². The smallest absolute Gasteiger partial charge is 0.255 e. The number of carbonyl (C=O) groups is 1. The summed E-state index contributed by atoms with van der Waals surface area (Å²) in [4.78, 5) is 14.3. The van der Waals surface area contributed by atoms with E-state index in [2.05, 4.69) is 12.2 Å². The largest absolute Gasteiger partial charge is 0.333 e. The number of nitrogens with zero attached hydrogens (tertiary/aromatic N) is 1. The Morgan fingerprint density at radius 3 is 2.72 bits per heavy atom. The summed E-state index contributed by atoms with van der Waals surface area (Å²) in [5.74, 6) is 0.0245. The fraction of sp³-hybridized carbons (Fsp3) is 0.462. The zero-order valence-electron chi connectivity index (χ0n) is 10.5. The third kappa shape index (κ3) is 3.16. The molecule has 1 aromatic rings. The molecule has 1 aromatic carbocycles. The summed E-state index contributed by atoms with van der Waals surface area (Å²) in [5.41, 5.74) is 0.593. The van der Waals surface area contributed by atoms with E-state index in [1.165, 1.54) is 0 Å². The third-order valence-corrected chi connectivity index (χ3v) is 3.46. The van der Waals surface area contributed by atoms with Crippen molar-refractivity contribution in [2.24, 2.45) is 0 Å². The first-order valence-electron chi connectivity index (χ1n) is 5.88. The highest BCUT2D eigenvalue weighted by atomic mass is 35.5. The predicted molar refractivity (Wildman–Crippen MR) is 76.7 cm³/mol. The summed E-state index contributed by atoms with van der Waals surface area (Å²) in [6.45, 7) is 5.69. The number of carbonyl (C=O) groups excluding carboxylic acids is 1. The van der Waals surface area contributed by atoms with E-state index in [0.717, 1.165) is 13.1 Å². The Bertz CT molecular complexity index is 425. The quantitative estimate of drug-likeness (QED) is 0.862. The minimum absolute atomic E-state index is 0. The molecule has 0 saturated carbocycles. The molecule has 1 saturated heterocycles. The van der Waals surface area contributed by atoms with Gasteiger partial charge in [0.15, 0.2) is 0 Å². The van der Waals surface area contributed by atoms with Crippen LogP contribution in [-0.2, 0) is 0 Å². The molecule has 2 unspecified atom stereocenters. The van der Waals surface area contributed by atoms with Gasteiger partial charge in [0.1, 0.15) is 0 Å². The SMILES string of the molecule is CC1CN(C(=O)c2ccccc2Cl)C(C)CN1.Cl. The number of hydrogen-bond acceptors (Lipinski definition) is 2. The molecule has 0 bridgehead atoms. The minimum Gasteiger partial charge on any atom is -0.333 e. The molecule has 2 rings (SSSR count). The van der Waals surface area contributed by atoms with Gasteiger partial charge in [0.05, 0.1) is 10.6 Å². The van der Waals surface area contributed by atoms with E-state index in [4.69, 9.17) is 11.6 Å². The summed E-state index contributed by atoms with van der Waals surface area (Å²) < 4.78 is 0. The number of halogens is 2. The normalized spacial score (nSPS) is 23.4.